The van der Waals surface area contributed by atoms with E-state index in [2.05, 4.69) is 20.9 Å². The summed E-state index contributed by atoms with van der Waals surface area (Å²) in [6.45, 7) is 2.34. The van der Waals surface area contributed by atoms with Gasteiger partial charge in [-0.05, 0) is 49.4 Å². The molecule has 0 unspecified atom stereocenters. The molecule has 9 nitrogen and oxygen atoms in total. The zero-order valence-electron chi connectivity index (χ0n) is 15.4. The van der Waals surface area contributed by atoms with Gasteiger partial charge in [-0.3, -0.25) is 20.4 Å². The van der Waals surface area contributed by atoms with Crippen LogP contribution in [0.25, 0.3) is 5.69 Å². The standard InChI is InChI=1S/C19H19N5O4/c1-3-28-16-9-6-14(10-17(16)27-2)19(26)23-22-18(25)13-4-7-15(8-5-13)24-12-20-11-21-24/h4-12H,3H2,1-2H3,(H,22,25)(H,23,26). The maximum Gasteiger partial charge on any atom is 0.269 e. The number of hydrogen-bond acceptors (Lipinski definition) is 6. The lowest BCUT2D eigenvalue weighted by Crippen LogP contribution is -2.41. The first-order valence-electron chi connectivity index (χ1n) is 8.49. The van der Waals surface area contributed by atoms with E-state index in [9.17, 15) is 9.59 Å². The minimum Gasteiger partial charge on any atom is -0.493 e. The molecule has 0 radical (unpaired) electrons. The average molecular weight is 381 g/mol. The summed E-state index contributed by atoms with van der Waals surface area (Å²) in [7, 11) is 1.49. The summed E-state index contributed by atoms with van der Waals surface area (Å²) in [5.41, 5.74) is 6.23. The summed E-state index contributed by atoms with van der Waals surface area (Å²) >= 11 is 0. The second kappa shape index (κ2) is 8.67. The fourth-order valence-corrected chi connectivity index (χ4v) is 2.45. The van der Waals surface area contributed by atoms with E-state index in [1.165, 1.54) is 13.4 Å². The first kappa shape index (κ1) is 18.9. The van der Waals surface area contributed by atoms with Crippen molar-refractivity contribution >= 4 is 11.8 Å². The number of aromatic nitrogens is 3. The van der Waals surface area contributed by atoms with Gasteiger partial charge in [0.25, 0.3) is 11.8 Å². The van der Waals surface area contributed by atoms with Crippen molar-refractivity contribution in [3.63, 3.8) is 0 Å². The number of hydrogen-bond donors (Lipinski definition) is 2. The Labute approximate surface area is 161 Å². The van der Waals surface area contributed by atoms with Crippen molar-refractivity contribution in [1.29, 1.82) is 0 Å². The number of nitrogens with zero attached hydrogens (tertiary/aromatic N) is 3. The fraction of sp³-hybridized carbons (Fsp3) is 0.158. The third kappa shape index (κ3) is 4.26. The Morgan fingerprint density at radius 1 is 1.00 bits per heavy atom. The molecule has 144 valence electrons. The Balaban J connectivity index is 1.61. The Morgan fingerprint density at radius 3 is 2.29 bits per heavy atom. The molecule has 0 bridgehead atoms. The van der Waals surface area contributed by atoms with Gasteiger partial charge in [0.2, 0.25) is 0 Å². The van der Waals surface area contributed by atoms with Crippen LogP contribution in [0.15, 0.2) is 55.1 Å². The van der Waals surface area contributed by atoms with E-state index in [0.717, 1.165) is 5.69 Å². The Kier molecular flexibility index (Phi) is 5.85. The van der Waals surface area contributed by atoms with Crippen LogP contribution in [0.3, 0.4) is 0 Å². The summed E-state index contributed by atoms with van der Waals surface area (Å²) in [6.07, 6.45) is 2.98. The molecule has 1 aromatic heterocycles. The van der Waals surface area contributed by atoms with Crippen LogP contribution in [0, 0.1) is 0 Å². The van der Waals surface area contributed by atoms with Crippen molar-refractivity contribution in [2.75, 3.05) is 13.7 Å². The molecule has 2 aromatic carbocycles. The van der Waals surface area contributed by atoms with Crippen molar-refractivity contribution in [1.82, 2.24) is 25.6 Å². The summed E-state index contributed by atoms with van der Waals surface area (Å²) < 4.78 is 12.2. The van der Waals surface area contributed by atoms with Crippen LogP contribution < -0.4 is 20.3 Å². The number of carbonyl (C=O) groups excluding carboxylic acids is 2. The summed E-state index contributed by atoms with van der Waals surface area (Å²) in [5, 5.41) is 4.01. The smallest absolute Gasteiger partial charge is 0.269 e. The van der Waals surface area contributed by atoms with Crippen molar-refractivity contribution in [3.05, 3.63) is 66.2 Å². The first-order chi connectivity index (χ1) is 13.6. The molecule has 3 rings (SSSR count). The van der Waals surface area contributed by atoms with Gasteiger partial charge in [-0.2, -0.15) is 5.10 Å². The second-order valence-electron chi connectivity index (χ2n) is 5.59. The number of hydrazine groups is 1. The van der Waals surface area contributed by atoms with Crippen LogP contribution in [0.5, 0.6) is 11.5 Å². The maximum atomic E-state index is 12.3. The molecule has 28 heavy (non-hydrogen) atoms. The molecule has 0 saturated heterocycles. The van der Waals surface area contributed by atoms with Gasteiger partial charge < -0.3 is 9.47 Å². The monoisotopic (exact) mass is 381 g/mol. The van der Waals surface area contributed by atoms with Crippen LogP contribution in [0.2, 0.25) is 0 Å². The number of benzene rings is 2. The molecule has 0 saturated carbocycles. The third-order valence-electron chi connectivity index (χ3n) is 3.83. The first-order valence-corrected chi connectivity index (χ1v) is 8.49. The molecule has 2 amide bonds. The highest BCUT2D eigenvalue weighted by molar-refractivity contribution is 5.99. The second-order valence-corrected chi connectivity index (χ2v) is 5.59. The highest BCUT2D eigenvalue weighted by Crippen LogP contribution is 2.27. The fourth-order valence-electron chi connectivity index (χ4n) is 2.45. The van der Waals surface area contributed by atoms with Crippen LogP contribution in [-0.4, -0.2) is 40.3 Å². The topological polar surface area (TPSA) is 107 Å². The number of amides is 2. The quantitative estimate of drug-likeness (QED) is 0.630. The van der Waals surface area contributed by atoms with Crippen LogP contribution in [0.1, 0.15) is 27.6 Å². The van der Waals surface area contributed by atoms with E-state index in [0.29, 0.717) is 29.2 Å². The average Bonchev–Trinajstić information content (AvgIpc) is 3.27. The Hall–Kier alpha value is -3.88. The molecule has 0 aliphatic heterocycles. The normalized spacial score (nSPS) is 10.2. The predicted octanol–water partition coefficient (Wildman–Crippen LogP) is 1.75. The number of ether oxygens (including phenoxy) is 2. The van der Waals surface area contributed by atoms with Gasteiger partial charge >= 0.3 is 0 Å². The van der Waals surface area contributed by atoms with Gasteiger partial charge in [0.05, 0.1) is 19.4 Å². The summed E-state index contributed by atoms with van der Waals surface area (Å²) in [5.74, 6) is 0.0490. The van der Waals surface area contributed by atoms with Crippen molar-refractivity contribution in [3.8, 4) is 17.2 Å². The van der Waals surface area contributed by atoms with E-state index in [1.54, 1.807) is 53.5 Å². The molecule has 1 heterocycles. The Bertz CT molecular complexity index is 955. The lowest BCUT2D eigenvalue weighted by molar-refractivity contribution is 0.0846. The zero-order chi connectivity index (χ0) is 19.9. The molecular formula is C19H19N5O4. The molecule has 3 aromatic rings. The van der Waals surface area contributed by atoms with Crippen LogP contribution in [-0.2, 0) is 0 Å². The molecule has 2 N–H and O–H groups in total. The lowest BCUT2D eigenvalue weighted by atomic mass is 10.2. The van der Waals surface area contributed by atoms with Crippen molar-refractivity contribution in [2.45, 2.75) is 6.92 Å². The van der Waals surface area contributed by atoms with Crippen molar-refractivity contribution < 1.29 is 19.1 Å². The van der Waals surface area contributed by atoms with Crippen LogP contribution in [0.4, 0.5) is 0 Å². The largest absolute Gasteiger partial charge is 0.493 e. The summed E-state index contributed by atoms with van der Waals surface area (Å²) in [4.78, 5) is 28.4. The maximum absolute atomic E-state index is 12.3. The van der Waals surface area contributed by atoms with Gasteiger partial charge in [-0.1, -0.05) is 0 Å². The SMILES string of the molecule is CCOc1ccc(C(=O)NNC(=O)c2ccc(-n3cncn3)cc2)cc1OC. The molecule has 0 atom stereocenters. The number of carbonyl (C=O) groups is 2. The van der Waals surface area contributed by atoms with Crippen LogP contribution >= 0.6 is 0 Å². The highest BCUT2D eigenvalue weighted by Gasteiger charge is 2.13. The minimum atomic E-state index is -0.478. The molecule has 0 aliphatic carbocycles. The highest BCUT2D eigenvalue weighted by atomic mass is 16.5. The van der Waals surface area contributed by atoms with E-state index >= 15 is 0 Å². The molecule has 0 fully saturated rings. The number of nitrogens with one attached hydrogen (secondary N) is 2. The third-order valence-corrected chi connectivity index (χ3v) is 3.83. The minimum absolute atomic E-state index is 0.321. The zero-order valence-corrected chi connectivity index (χ0v) is 15.4. The van der Waals surface area contributed by atoms with E-state index in [1.807, 2.05) is 6.92 Å². The molecule has 9 heteroatoms. The lowest BCUT2D eigenvalue weighted by Gasteiger charge is -2.12. The summed E-state index contributed by atoms with van der Waals surface area (Å²) in [6, 6.07) is 11.5. The van der Waals surface area contributed by atoms with Gasteiger partial charge in [-0.15, -0.1) is 0 Å². The number of methoxy groups -OCH3 is 1. The molecule has 0 spiro atoms. The van der Waals surface area contributed by atoms with Gasteiger partial charge in [0.15, 0.2) is 11.5 Å². The van der Waals surface area contributed by atoms with E-state index in [4.69, 9.17) is 9.47 Å². The number of rotatable bonds is 6. The molecular weight excluding hydrogens is 362 g/mol. The van der Waals surface area contributed by atoms with E-state index in [-0.39, 0.29) is 0 Å². The van der Waals surface area contributed by atoms with Crippen molar-refractivity contribution in [2.24, 2.45) is 0 Å². The molecule has 0 aliphatic rings. The Morgan fingerprint density at radius 2 is 1.68 bits per heavy atom. The van der Waals surface area contributed by atoms with Gasteiger partial charge in [0, 0.05) is 11.1 Å². The van der Waals surface area contributed by atoms with Gasteiger partial charge in [-0.25, -0.2) is 9.67 Å². The predicted molar refractivity (Wildman–Crippen MR) is 100 cm³/mol. The van der Waals surface area contributed by atoms with Gasteiger partial charge in [0.1, 0.15) is 12.7 Å². The van der Waals surface area contributed by atoms with E-state index < -0.39 is 11.8 Å².